The Morgan fingerprint density at radius 3 is 2.45 bits per heavy atom. The van der Waals surface area contributed by atoms with Gasteiger partial charge >= 0.3 is 0 Å². The zero-order valence-electron chi connectivity index (χ0n) is 21.6. The number of hydrogen-bond donors (Lipinski definition) is 0. The van der Waals surface area contributed by atoms with Crippen molar-refractivity contribution in [1.29, 1.82) is 0 Å². The molecule has 3 heterocycles. The Bertz CT molecular complexity index is 1450. The lowest BCUT2D eigenvalue weighted by Crippen LogP contribution is -2.47. The molecule has 3 aromatic carbocycles. The van der Waals surface area contributed by atoms with Gasteiger partial charge in [0.2, 0.25) is 0 Å². The van der Waals surface area contributed by atoms with Gasteiger partial charge in [-0.2, -0.15) is 0 Å². The van der Waals surface area contributed by atoms with Crippen molar-refractivity contribution in [3.63, 3.8) is 0 Å². The van der Waals surface area contributed by atoms with Crippen LogP contribution in [0.5, 0.6) is 0 Å². The zero-order chi connectivity index (χ0) is 26.4. The molecule has 7 nitrogen and oxygen atoms in total. The number of carbonyl (C=O) groups excluding carboxylic acids is 2. The van der Waals surface area contributed by atoms with Crippen molar-refractivity contribution in [1.82, 2.24) is 4.90 Å². The summed E-state index contributed by atoms with van der Waals surface area (Å²) in [6.45, 7) is 6.57. The number of likely N-dealkylation sites (tertiary alicyclic amines) is 1. The van der Waals surface area contributed by atoms with Crippen LogP contribution in [0.3, 0.4) is 0 Å². The van der Waals surface area contributed by atoms with Gasteiger partial charge in [-0.3, -0.25) is 9.59 Å². The van der Waals surface area contributed by atoms with Gasteiger partial charge in [-0.05, 0) is 55.3 Å². The molecule has 2 amide bonds. The summed E-state index contributed by atoms with van der Waals surface area (Å²) in [5.74, 6) is -0.914. The molecule has 0 saturated carbocycles. The van der Waals surface area contributed by atoms with Crippen molar-refractivity contribution >= 4 is 28.3 Å². The van der Waals surface area contributed by atoms with E-state index >= 15 is 0 Å². The van der Waals surface area contributed by atoms with Crippen molar-refractivity contribution in [3.05, 3.63) is 88.5 Å². The van der Waals surface area contributed by atoms with Crippen LogP contribution in [-0.2, 0) is 26.8 Å². The standard InChI is InChI=1S/C30H30N2O5S/c1-20-7-8-21(2)23(17-20)19-32-25-18-22(28(33)31-13-11-30(12-14-31)36-15-16-37-30)9-10-27(25)38(35)26-6-4-3-5-24(26)29(32)34/h3-10,17-18H,11-16,19H2,1-2H3/t38-/m1/s1. The zero-order valence-corrected chi connectivity index (χ0v) is 22.4. The first-order valence-corrected chi connectivity index (χ1v) is 14.1. The second kappa shape index (κ2) is 9.76. The molecule has 3 aliphatic heterocycles. The van der Waals surface area contributed by atoms with Gasteiger partial charge in [0.05, 0.1) is 51.6 Å². The second-order valence-corrected chi connectivity index (χ2v) is 11.6. The number of anilines is 1. The summed E-state index contributed by atoms with van der Waals surface area (Å²) in [4.78, 5) is 32.0. The van der Waals surface area contributed by atoms with E-state index in [4.69, 9.17) is 9.47 Å². The van der Waals surface area contributed by atoms with E-state index in [1.807, 2.05) is 26.0 Å². The Morgan fingerprint density at radius 1 is 0.947 bits per heavy atom. The van der Waals surface area contributed by atoms with Gasteiger partial charge < -0.3 is 19.3 Å². The molecule has 38 heavy (non-hydrogen) atoms. The van der Waals surface area contributed by atoms with Crippen LogP contribution in [0.25, 0.3) is 0 Å². The van der Waals surface area contributed by atoms with Crippen LogP contribution in [0.1, 0.15) is 50.2 Å². The van der Waals surface area contributed by atoms with Gasteiger partial charge in [-0.25, -0.2) is 4.21 Å². The highest BCUT2D eigenvalue weighted by Gasteiger charge is 2.41. The van der Waals surface area contributed by atoms with Crippen LogP contribution in [-0.4, -0.2) is 53.0 Å². The fourth-order valence-electron chi connectivity index (χ4n) is 5.51. The monoisotopic (exact) mass is 530 g/mol. The molecule has 0 N–H and O–H groups in total. The average Bonchev–Trinajstić information content (AvgIpc) is 3.37. The number of rotatable bonds is 3. The van der Waals surface area contributed by atoms with E-state index in [9.17, 15) is 13.8 Å². The third kappa shape index (κ3) is 4.36. The van der Waals surface area contributed by atoms with Gasteiger partial charge in [-0.15, -0.1) is 0 Å². The summed E-state index contributed by atoms with van der Waals surface area (Å²) < 4.78 is 25.3. The highest BCUT2D eigenvalue weighted by Crippen LogP contribution is 2.37. The molecule has 0 aromatic heterocycles. The van der Waals surface area contributed by atoms with Crippen LogP contribution >= 0.6 is 0 Å². The van der Waals surface area contributed by atoms with Crippen LogP contribution < -0.4 is 4.90 Å². The topological polar surface area (TPSA) is 76.2 Å². The van der Waals surface area contributed by atoms with Gasteiger partial charge in [0.1, 0.15) is 0 Å². The van der Waals surface area contributed by atoms with E-state index < -0.39 is 16.6 Å². The molecule has 196 valence electrons. The summed E-state index contributed by atoms with van der Waals surface area (Å²) in [5.41, 5.74) is 4.55. The molecule has 0 unspecified atom stereocenters. The first-order chi connectivity index (χ1) is 18.3. The van der Waals surface area contributed by atoms with Crippen LogP contribution in [0.15, 0.2) is 70.5 Å². The van der Waals surface area contributed by atoms with E-state index in [-0.39, 0.29) is 11.8 Å². The predicted molar refractivity (Wildman–Crippen MR) is 144 cm³/mol. The van der Waals surface area contributed by atoms with Crippen LogP contribution in [0, 0.1) is 13.8 Å². The molecule has 1 spiro atoms. The Balaban J connectivity index is 1.38. The lowest BCUT2D eigenvalue weighted by molar-refractivity contribution is -0.181. The SMILES string of the molecule is Cc1ccc(C)c(CN2C(=O)c3ccccc3[S@@](=O)c3ccc(C(=O)N4CCC5(CC4)OCCO5)cc32)c1. The third-order valence-electron chi connectivity index (χ3n) is 7.72. The third-order valence-corrected chi connectivity index (χ3v) is 9.22. The lowest BCUT2D eigenvalue weighted by atomic mass is 10.0. The summed E-state index contributed by atoms with van der Waals surface area (Å²) in [6, 6.07) is 18.4. The maximum Gasteiger partial charge on any atom is 0.259 e. The Labute approximate surface area is 224 Å². The number of benzene rings is 3. The fraction of sp³-hybridized carbons (Fsp3) is 0.333. The molecule has 3 aliphatic rings. The second-order valence-electron chi connectivity index (χ2n) is 10.2. The number of carbonyl (C=O) groups is 2. The molecular weight excluding hydrogens is 500 g/mol. The quantitative estimate of drug-likeness (QED) is 0.494. The Hall–Kier alpha value is -3.33. The molecule has 0 bridgehead atoms. The van der Waals surface area contributed by atoms with Crippen LogP contribution in [0.4, 0.5) is 5.69 Å². The van der Waals surface area contributed by atoms with Crippen molar-refractivity contribution in [2.45, 2.75) is 48.8 Å². The highest BCUT2D eigenvalue weighted by molar-refractivity contribution is 7.85. The minimum absolute atomic E-state index is 0.118. The van der Waals surface area contributed by atoms with Crippen molar-refractivity contribution in [2.24, 2.45) is 0 Å². The number of fused-ring (bicyclic) bond motifs is 2. The number of hydrogen-bond acceptors (Lipinski definition) is 5. The fourth-order valence-corrected chi connectivity index (χ4v) is 6.86. The van der Waals surface area contributed by atoms with E-state index in [2.05, 4.69) is 6.07 Å². The van der Waals surface area contributed by atoms with Gasteiger partial charge in [-0.1, -0.05) is 35.9 Å². The van der Waals surface area contributed by atoms with Gasteiger partial charge in [0.25, 0.3) is 11.8 Å². The molecule has 2 saturated heterocycles. The van der Waals surface area contributed by atoms with Crippen molar-refractivity contribution in [2.75, 3.05) is 31.2 Å². The van der Waals surface area contributed by atoms with Gasteiger partial charge in [0.15, 0.2) is 5.79 Å². The Morgan fingerprint density at radius 2 is 1.68 bits per heavy atom. The van der Waals surface area contributed by atoms with E-state index in [0.29, 0.717) is 72.3 Å². The minimum atomic E-state index is -1.57. The predicted octanol–water partition coefficient (Wildman–Crippen LogP) is 4.61. The molecule has 3 aromatic rings. The lowest BCUT2D eigenvalue weighted by Gasteiger charge is -2.37. The van der Waals surface area contributed by atoms with E-state index in [1.54, 1.807) is 52.3 Å². The summed E-state index contributed by atoms with van der Waals surface area (Å²) in [7, 11) is -1.57. The number of aryl methyl sites for hydroxylation is 2. The number of piperidine rings is 1. The highest BCUT2D eigenvalue weighted by atomic mass is 32.2. The number of ether oxygens (including phenoxy) is 2. The maximum atomic E-state index is 13.9. The van der Waals surface area contributed by atoms with Crippen LogP contribution in [0.2, 0.25) is 0 Å². The number of nitrogens with zero attached hydrogens (tertiary/aromatic N) is 2. The molecule has 8 heteroatoms. The average molecular weight is 531 g/mol. The Kier molecular flexibility index (Phi) is 6.42. The smallest absolute Gasteiger partial charge is 0.259 e. The molecule has 0 aliphatic carbocycles. The molecule has 1 atom stereocenters. The molecule has 0 radical (unpaired) electrons. The maximum absolute atomic E-state index is 13.9. The number of amides is 2. The summed E-state index contributed by atoms with van der Waals surface area (Å²) in [5, 5.41) is 0. The first kappa shape index (κ1) is 25.0. The van der Waals surface area contributed by atoms with Crippen molar-refractivity contribution < 1.29 is 23.3 Å². The minimum Gasteiger partial charge on any atom is -0.347 e. The largest absolute Gasteiger partial charge is 0.347 e. The van der Waals surface area contributed by atoms with Crippen molar-refractivity contribution in [3.8, 4) is 0 Å². The summed E-state index contributed by atoms with van der Waals surface area (Å²) >= 11 is 0. The first-order valence-electron chi connectivity index (χ1n) is 13.0. The molecule has 2 fully saturated rings. The molecular formula is C30H30N2O5S. The normalized spacial score (nSPS) is 20.3. The summed E-state index contributed by atoms with van der Waals surface area (Å²) in [6.07, 6.45) is 1.25. The van der Waals surface area contributed by atoms with E-state index in [0.717, 1.165) is 16.7 Å². The molecule has 6 rings (SSSR count). The van der Waals surface area contributed by atoms with E-state index in [1.165, 1.54) is 0 Å². The van der Waals surface area contributed by atoms with Gasteiger partial charge in [0, 0.05) is 31.5 Å².